The Bertz CT molecular complexity index is 979. The molecule has 3 N–H and O–H groups in total. The van der Waals surface area contributed by atoms with Gasteiger partial charge < -0.3 is 24.6 Å². The van der Waals surface area contributed by atoms with Gasteiger partial charge in [0.1, 0.15) is 42.2 Å². The van der Waals surface area contributed by atoms with Gasteiger partial charge in [-0.15, -0.1) is 0 Å². The van der Waals surface area contributed by atoms with Crippen LogP contribution in [0.25, 0.3) is 11.0 Å². The van der Waals surface area contributed by atoms with Gasteiger partial charge in [0.15, 0.2) is 12.0 Å². The normalized spacial score (nSPS) is 26.6. The summed E-state index contributed by atoms with van der Waals surface area (Å²) in [5, 5.41) is 31.5. The van der Waals surface area contributed by atoms with E-state index in [1.807, 2.05) is 0 Å². The monoisotopic (exact) mass is 377 g/mol. The van der Waals surface area contributed by atoms with Crippen LogP contribution in [0.1, 0.15) is 23.6 Å². The van der Waals surface area contributed by atoms with E-state index in [1.54, 1.807) is 6.92 Å². The molecule has 4 rings (SSSR count). The second-order valence-electron chi connectivity index (χ2n) is 6.51. The second-order valence-corrected chi connectivity index (χ2v) is 6.51. The lowest BCUT2D eigenvalue weighted by molar-refractivity contribution is -0.0849. The van der Waals surface area contributed by atoms with Crippen molar-refractivity contribution in [1.29, 1.82) is 0 Å². The molecule has 0 bridgehead atoms. The SMILES string of the molecule is Cc1ncnc2c1c(F)cn2[C@@H]1O[C@H]([C@@H](O)c2ccc(F)cc2)[C@@H](O)[C@H]1O. The van der Waals surface area contributed by atoms with E-state index in [4.69, 9.17) is 4.74 Å². The molecule has 1 aromatic carbocycles. The van der Waals surface area contributed by atoms with Crippen molar-refractivity contribution in [2.45, 2.75) is 37.6 Å². The average molecular weight is 377 g/mol. The van der Waals surface area contributed by atoms with Gasteiger partial charge in [-0.05, 0) is 24.6 Å². The van der Waals surface area contributed by atoms with Crippen molar-refractivity contribution in [2.75, 3.05) is 0 Å². The molecule has 0 spiro atoms. The highest BCUT2D eigenvalue weighted by Gasteiger charge is 2.47. The Balaban J connectivity index is 1.68. The van der Waals surface area contributed by atoms with Gasteiger partial charge in [0.05, 0.1) is 11.1 Å². The predicted octanol–water partition coefficient (Wildman–Crippen LogP) is 1.37. The van der Waals surface area contributed by atoms with E-state index in [0.717, 1.165) is 6.20 Å². The molecule has 1 fully saturated rings. The van der Waals surface area contributed by atoms with Crippen LogP contribution in [0.2, 0.25) is 0 Å². The minimum absolute atomic E-state index is 0.185. The fourth-order valence-electron chi connectivity index (χ4n) is 3.40. The molecule has 1 aliphatic rings. The summed E-state index contributed by atoms with van der Waals surface area (Å²) in [6.45, 7) is 1.62. The molecule has 0 amide bonds. The van der Waals surface area contributed by atoms with Gasteiger partial charge in [-0.2, -0.15) is 0 Å². The summed E-state index contributed by atoms with van der Waals surface area (Å²) in [6.07, 6.45) is -4.19. The largest absolute Gasteiger partial charge is 0.387 e. The maximum atomic E-state index is 14.3. The second kappa shape index (κ2) is 6.61. The molecule has 0 unspecified atom stereocenters. The van der Waals surface area contributed by atoms with Crippen molar-refractivity contribution < 1.29 is 28.8 Å². The number of hydrogen-bond donors (Lipinski definition) is 3. The van der Waals surface area contributed by atoms with Crippen LogP contribution >= 0.6 is 0 Å². The van der Waals surface area contributed by atoms with Gasteiger partial charge in [-0.1, -0.05) is 12.1 Å². The van der Waals surface area contributed by atoms with Crippen molar-refractivity contribution in [2.24, 2.45) is 0 Å². The number of rotatable bonds is 3. The smallest absolute Gasteiger partial charge is 0.164 e. The third kappa shape index (κ3) is 2.88. The molecule has 3 heterocycles. The summed E-state index contributed by atoms with van der Waals surface area (Å²) in [5.41, 5.74) is 0.940. The molecular formula is C18H17F2N3O4. The van der Waals surface area contributed by atoms with Crippen molar-refractivity contribution in [3.63, 3.8) is 0 Å². The van der Waals surface area contributed by atoms with E-state index >= 15 is 0 Å². The zero-order chi connectivity index (χ0) is 19.3. The Kier molecular flexibility index (Phi) is 4.39. The van der Waals surface area contributed by atoms with E-state index in [1.165, 1.54) is 35.2 Å². The number of aromatic nitrogens is 3. The lowest BCUT2D eigenvalue weighted by Gasteiger charge is -2.21. The first kappa shape index (κ1) is 17.9. The maximum Gasteiger partial charge on any atom is 0.164 e. The van der Waals surface area contributed by atoms with Gasteiger partial charge in [-0.25, -0.2) is 18.7 Å². The number of aliphatic hydroxyl groups excluding tert-OH is 3. The van der Waals surface area contributed by atoms with Crippen LogP contribution in [-0.2, 0) is 4.74 Å². The minimum Gasteiger partial charge on any atom is -0.387 e. The molecule has 0 radical (unpaired) electrons. The van der Waals surface area contributed by atoms with Crippen LogP contribution in [0.3, 0.4) is 0 Å². The number of aryl methyl sites for hydroxylation is 1. The summed E-state index contributed by atoms with van der Waals surface area (Å²) in [6, 6.07) is 5.05. The molecule has 3 aromatic rings. The van der Waals surface area contributed by atoms with E-state index < -0.39 is 42.3 Å². The van der Waals surface area contributed by atoms with Gasteiger partial charge >= 0.3 is 0 Å². The highest BCUT2D eigenvalue weighted by atomic mass is 19.1. The fraction of sp³-hybridized carbons (Fsp3) is 0.333. The number of halogens is 2. The number of aliphatic hydroxyl groups is 3. The van der Waals surface area contributed by atoms with Crippen LogP contribution < -0.4 is 0 Å². The Morgan fingerprint density at radius 1 is 1.11 bits per heavy atom. The topological polar surface area (TPSA) is 101 Å². The summed E-state index contributed by atoms with van der Waals surface area (Å²) in [5.74, 6) is -1.06. The number of fused-ring (bicyclic) bond motifs is 1. The van der Waals surface area contributed by atoms with Crippen molar-refractivity contribution in [1.82, 2.24) is 14.5 Å². The highest BCUT2D eigenvalue weighted by molar-refractivity contribution is 5.79. The molecule has 0 aliphatic carbocycles. The van der Waals surface area contributed by atoms with Gasteiger partial charge in [0.25, 0.3) is 0 Å². The zero-order valence-electron chi connectivity index (χ0n) is 14.2. The van der Waals surface area contributed by atoms with Gasteiger partial charge in [0.2, 0.25) is 0 Å². The molecule has 1 saturated heterocycles. The van der Waals surface area contributed by atoms with Crippen LogP contribution in [0.4, 0.5) is 8.78 Å². The van der Waals surface area contributed by atoms with Crippen molar-refractivity contribution in [3.05, 3.63) is 59.7 Å². The van der Waals surface area contributed by atoms with Crippen LogP contribution in [0, 0.1) is 18.6 Å². The third-order valence-corrected chi connectivity index (χ3v) is 4.82. The number of hydrogen-bond acceptors (Lipinski definition) is 6. The highest BCUT2D eigenvalue weighted by Crippen LogP contribution is 2.38. The van der Waals surface area contributed by atoms with Crippen LogP contribution in [0.15, 0.2) is 36.8 Å². The summed E-state index contributed by atoms with van der Waals surface area (Å²) >= 11 is 0. The van der Waals surface area contributed by atoms with Crippen LogP contribution in [0.5, 0.6) is 0 Å². The van der Waals surface area contributed by atoms with E-state index in [9.17, 15) is 24.1 Å². The first-order valence-corrected chi connectivity index (χ1v) is 8.31. The number of ether oxygens (including phenoxy) is 1. The fourth-order valence-corrected chi connectivity index (χ4v) is 3.40. The summed E-state index contributed by atoms with van der Waals surface area (Å²) in [4.78, 5) is 7.98. The molecule has 1 aliphatic heterocycles. The van der Waals surface area contributed by atoms with Crippen molar-refractivity contribution in [3.8, 4) is 0 Å². The van der Waals surface area contributed by atoms with Gasteiger partial charge in [-0.3, -0.25) is 0 Å². The lowest BCUT2D eigenvalue weighted by atomic mass is 9.99. The Hall–Kier alpha value is -2.46. The quantitative estimate of drug-likeness (QED) is 0.638. The number of nitrogens with zero attached hydrogens (tertiary/aromatic N) is 3. The minimum atomic E-state index is -1.45. The molecule has 0 saturated carbocycles. The first-order chi connectivity index (χ1) is 12.9. The van der Waals surface area contributed by atoms with Gasteiger partial charge in [0, 0.05) is 6.20 Å². The maximum absolute atomic E-state index is 14.3. The Morgan fingerprint density at radius 3 is 2.52 bits per heavy atom. The third-order valence-electron chi connectivity index (χ3n) is 4.82. The van der Waals surface area contributed by atoms with Crippen molar-refractivity contribution >= 4 is 11.0 Å². The predicted molar refractivity (Wildman–Crippen MR) is 89.5 cm³/mol. The van der Waals surface area contributed by atoms with E-state index in [2.05, 4.69) is 9.97 Å². The van der Waals surface area contributed by atoms with Crippen LogP contribution in [-0.4, -0.2) is 48.2 Å². The molecule has 9 heteroatoms. The van der Waals surface area contributed by atoms with E-state index in [0.29, 0.717) is 11.3 Å². The number of benzene rings is 1. The summed E-state index contributed by atoms with van der Waals surface area (Å²) in [7, 11) is 0. The van der Waals surface area contributed by atoms with E-state index in [-0.39, 0.29) is 11.0 Å². The molecule has 27 heavy (non-hydrogen) atoms. The zero-order valence-corrected chi connectivity index (χ0v) is 14.2. The average Bonchev–Trinajstić information content (AvgIpc) is 3.13. The molecular weight excluding hydrogens is 360 g/mol. The molecule has 7 nitrogen and oxygen atoms in total. The Morgan fingerprint density at radius 2 is 1.81 bits per heavy atom. The molecule has 142 valence electrons. The first-order valence-electron chi connectivity index (χ1n) is 8.31. The summed E-state index contributed by atoms with van der Waals surface area (Å²) < 4.78 is 34.3. The molecule has 2 aromatic heterocycles. The standard InChI is InChI=1S/C18H17F2N3O4/c1-8-12-11(20)6-23(17(12)22-7-21-8)18-15(26)14(25)16(27-18)13(24)9-2-4-10(19)5-3-9/h2-7,13-16,18,24-26H,1H3/t13-,14-,15+,16+,18+/m0/s1. The lowest BCUT2D eigenvalue weighted by Crippen LogP contribution is -2.34. The molecule has 5 atom stereocenters. The Labute approximate surface area is 152 Å².